The van der Waals surface area contributed by atoms with Crippen LogP contribution in [-0.4, -0.2) is 42.7 Å². The third kappa shape index (κ3) is 6.77. The number of carboxylic acid groups (broad SMARTS) is 1. The SMILES string of the molecule is CC(CN(C)CCCOc1cccc(I)c1)C(=O)O. The van der Waals surface area contributed by atoms with E-state index in [0.29, 0.717) is 13.2 Å². The Kier molecular flexibility index (Phi) is 7.15. The molecule has 1 aromatic carbocycles. The lowest BCUT2D eigenvalue weighted by Gasteiger charge is -2.18. The van der Waals surface area contributed by atoms with Crippen molar-refractivity contribution in [3.8, 4) is 5.75 Å². The van der Waals surface area contributed by atoms with Crippen LogP contribution in [0.25, 0.3) is 0 Å². The predicted octanol–water partition coefficient (Wildman–Crippen LogP) is 2.71. The van der Waals surface area contributed by atoms with Gasteiger partial charge in [-0.1, -0.05) is 13.0 Å². The first-order valence-corrected chi connectivity index (χ1v) is 7.36. The minimum absolute atomic E-state index is 0.332. The number of benzene rings is 1. The third-order valence-corrected chi connectivity index (χ3v) is 3.43. The second kappa shape index (κ2) is 8.37. The Balaban J connectivity index is 2.18. The summed E-state index contributed by atoms with van der Waals surface area (Å²) >= 11 is 2.25. The zero-order chi connectivity index (χ0) is 14.3. The van der Waals surface area contributed by atoms with E-state index in [1.54, 1.807) is 6.92 Å². The number of rotatable bonds is 8. The van der Waals surface area contributed by atoms with E-state index in [1.165, 1.54) is 0 Å². The van der Waals surface area contributed by atoms with Crippen LogP contribution in [0.1, 0.15) is 13.3 Å². The summed E-state index contributed by atoms with van der Waals surface area (Å²) in [5.41, 5.74) is 0. The Morgan fingerprint density at radius 3 is 2.89 bits per heavy atom. The van der Waals surface area contributed by atoms with Crippen LogP contribution in [0.15, 0.2) is 24.3 Å². The van der Waals surface area contributed by atoms with Gasteiger partial charge in [0.2, 0.25) is 0 Å². The lowest BCUT2D eigenvalue weighted by atomic mass is 10.2. The lowest BCUT2D eigenvalue weighted by Crippen LogP contribution is -2.30. The standard InChI is InChI=1S/C14H20INO3/c1-11(14(17)18)10-16(2)7-4-8-19-13-6-3-5-12(15)9-13/h3,5-6,9,11H,4,7-8,10H2,1-2H3,(H,17,18). The molecule has 0 aliphatic carbocycles. The number of halogens is 1. The molecule has 0 saturated heterocycles. The van der Waals surface area contributed by atoms with Crippen LogP contribution in [-0.2, 0) is 4.79 Å². The molecular weight excluding hydrogens is 357 g/mol. The topological polar surface area (TPSA) is 49.8 Å². The highest BCUT2D eigenvalue weighted by molar-refractivity contribution is 14.1. The zero-order valence-electron chi connectivity index (χ0n) is 11.3. The molecule has 1 N–H and O–H groups in total. The molecule has 4 nitrogen and oxygen atoms in total. The van der Waals surface area contributed by atoms with Crippen molar-refractivity contribution in [3.63, 3.8) is 0 Å². The molecule has 19 heavy (non-hydrogen) atoms. The number of carboxylic acids is 1. The van der Waals surface area contributed by atoms with Crippen molar-refractivity contribution in [2.45, 2.75) is 13.3 Å². The van der Waals surface area contributed by atoms with Crippen LogP contribution in [0.2, 0.25) is 0 Å². The van der Waals surface area contributed by atoms with Crippen LogP contribution in [0.3, 0.4) is 0 Å². The molecular formula is C14H20INO3. The highest BCUT2D eigenvalue weighted by Gasteiger charge is 2.12. The average molecular weight is 377 g/mol. The first kappa shape index (κ1) is 16.2. The summed E-state index contributed by atoms with van der Waals surface area (Å²) in [6.07, 6.45) is 0.883. The number of hydrogen-bond acceptors (Lipinski definition) is 3. The lowest BCUT2D eigenvalue weighted by molar-refractivity contribution is -0.141. The quantitative estimate of drug-likeness (QED) is 0.559. The Labute approximate surface area is 127 Å². The number of hydrogen-bond donors (Lipinski definition) is 1. The fraction of sp³-hybridized carbons (Fsp3) is 0.500. The molecule has 5 heteroatoms. The molecule has 0 aromatic heterocycles. The summed E-state index contributed by atoms with van der Waals surface area (Å²) in [7, 11) is 1.94. The van der Waals surface area contributed by atoms with Crippen LogP contribution in [0.5, 0.6) is 5.75 Å². The first-order valence-electron chi connectivity index (χ1n) is 6.28. The van der Waals surface area contributed by atoms with E-state index < -0.39 is 5.97 Å². The number of aliphatic carboxylic acids is 1. The average Bonchev–Trinajstić information content (AvgIpc) is 2.34. The molecule has 0 aliphatic heterocycles. The van der Waals surface area contributed by atoms with Crippen LogP contribution in [0.4, 0.5) is 0 Å². The van der Waals surface area contributed by atoms with E-state index in [2.05, 4.69) is 22.6 Å². The molecule has 106 valence electrons. The molecule has 0 spiro atoms. The van der Waals surface area contributed by atoms with E-state index in [9.17, 15) is 4.79 Å². The Bertz CT molecular complexity index is 411. The molecule has 1 unspecified atom stereocenters. The molecule has 0 aliphatic rings. The monoisotopic (exact) mass is 377 g/mol. The molecule has 0 fully saturated rings. The number of ether oxygens (including phenoxy) is 1. The molecule has 1 rings (SSSR count). The van der Waals surface area contributed by atoms with Gasteiger partial charge < -0.3 is 14.7 Å². The van der Waals surface area contributed by atoms with Gasteiger partial charge in [-0.25, -0.2) is 0 Å². The minimum Gasteiger partial charge on any atom is -0.494 e. The van der Waals surface area contributed by atoms with Crippen molar-refractivity contribution in [2.24, 2.45) is 5.92 Å². The van der Waals surface area contributed by atoms with Gasteiger partial charge in [-0.05, 0) is 54.3 Å². The van der Waals surface area contributed by atoms with Crippen LogP contribution >= 0.6 is 22.6 Å². The van der Waals surface area contributed by atoms with E-state index >= 15 is 0 Å². The van der Waals surface area contributed by atoms with E-state index in [1.807, 2.05) is 36.2 Å². The fourth-order valence-corrected chi connectivity index (χ4v) is 2.23. The molecule has 0 bridgehead atoms. The maximum absolute atomic E-state index is 10.7. The van der Waals surface area contributed by atoms with Gasteiger partial charge >= 0.3 is 5.97 Å². The van der Waals surface area contributed by atoms with Crippen molar-refractivity contribution < 1.29 is 14.6 Å². The van der Waals surface area contributed by atoms with Gasteiger partial charge in [-0.2, -0.15) is 0 Å². The summed E-state index contributed by atoms with van der Waals surface area (Å²) < 4.78 is 6.80. The Hall–Kier alpha value is -0.820. The maximum atomic E-state index is 10.7. The Morgan fingerprint density at radius 2 is 2.26 bits per heavy atom. The summed E-state index contributed by atoms with van der Waals surface area (Å²) in [5.74, 6) is -0.197. The second-order valence-electron chi connectivity index (χ2n) is 4.66. The van der Waals surface area contributed by atoms with Crippen LogP contribution < -0.4 is 4.74 Å². The van der Waals surface area contributed by atoms with Crippen molar-refractivity contribution in [1.29, 1.82) is 0 Å². The van der Waals surface area contributed by atoms with Crippen molar-refractivity contribution in [2.75, 3.05) is 26.7 Å². The zero-order valence-corrected chi connectivity index (χ0v) is 13.5. The normalized spacial score (nSPS) is 12.4. The Morgan fingerprint density at radius 1 is 1.53 bits per heavy atom. The minimum atomic E-state index is -0.748. The number of nitrogens with zero attached hydrogens (tertiary/aromatic N) is 1. The smallest absolute Gasteiger partial charge is 0.307 e. The van der Waals surface area contributed by atoms with Gasteiger partial charge in [0, 0.05) is 16.7 Å². The third-order valence-electron chi connectivity index (χ3n) is 2.76. The number of carbonyl (C=O) groups is 1. The van der Waals surface area contributed by atoms with E-state index in [4.69, 9.17) is 9.84 Å². The second-order valence-corrected chi connectivity index (χ2v) is 5.91. The van der Waals surface area contributed by atoms with Gasteiger partial charge in [0.05, 0.1) is 12.5 Å². The van der Waals surface area contributed by atoms with Gasteiger partial charge in [-0.3, -0.25) is 4.79 Å². The summed E-state index contributed by atoms with van der Waals surface area (Å²) in [4.78, 5) is 12.8. The highest BCUT2D eigenvalue weighted by atomic mass is 127. The predicted molar refractivity (Wildman–Crippen MR) is 83.6 cm³/mol. The van der Waals surface area contributed by atoms with E-state index in [-0.39, 0.29) is 5.92 Å². The summed E-state index contributed by atoms with van der Waals surface area (Å²) in [6.45, 7) is 3.77. The summed E-state index contributed by atoms with van der Waals surface area (Å²) in [6, 6.07) is 7.93. The van der Waals surface area contributed by atoms with Gasteiger partial charge in [-0.15, -0.1) is 0 Å². The fourth-order valence-electron chi connectivity index (χ4n) is 1.72. The van der Waals surface area contributed by atoms with Crippen molar-refractivity contribution in [1.82, 2.24) is 4.90 Å². The summed E-state index contributed by atoms with van der Waals surface area (Å²) in [5, 5.41) is 8.83. The molecule has 1 aromatic rings. The van der Waals surface area contributed by atoms with Gasteiger partial charge in [0.15, 0.2) is 0 Å². The van der Waals surface area contributed by atoms with Gasteiger partial charge in [0.1, 0.15) is 5.75 Å². The molecule has 1 atom stereocenters. The first-order chi connectivity index (χ1) is 8.99. The largest absolute Gasteiger partial charge is 0.494 e. The molecule has 0 radical (unpaired) electrons. The van der Waals surface area contributed by atoms with Gasteiger partial charge in [0.25, 0.3) is 0 Å². The molecule has 0 saturated carbocycles. The maximum Gasteiger partial charge on any atom is 0.307 e. The van der Waals surface area contributed by atoms with Crippen molar-refractivity contribution >= 4 is 28.6 Å². The van der Waals surface area contributed by atoms with E-state index in [0.717, 1.165) is 22.3 Å². The molecule has 0 heterocycles. The van der Waals surface area contributed by atoms with Crippen LogP contribution in [0, 0.1) is 9.49 Å². The molecule has 0 amide bonds. The highest BCUT2D eigenvalue weighted by Crippen LogP contribution is 2.14. The van der Waals surface area contributed by atoms with Crippen molar-refractivity contribution in [3.05, 3.63) is 27.8 Å².